The normalized spacial score (nSPS) is 11.4. The summed E-state index contributed by atoms with van der Waals surface area (Å²) >= 11 is 0. The Labute approximate surface area is 170 Å². The Bertz CT molecular complexity index is 1100. The van der Waals surface area contributed by atoms with Gasteiger partial charge in [0, 0.05) is 5.56 Å². The SMILES string of the molecule is COc1ccc(C=NNS(=O)(=O)c2ccccc2)cc1COc1ccccc1C. The number of para-hydroxylation sites is 1. The van der Waals surface area contributed by atoms with Crippen molar-refractivity contribution in [3.8, 4) is 11.5 Å². The van der Waals surface area contributed by atoms with Crippen molar-refractivity contribution in [2.75, 3.05) is 7.11 Å². The molecule has 3 aromatic carbocycles. The van der Waals surface area contributed by atoms with Crippen LogP contribution in [0.1, 0.15) is 16.7 Å². The van der Waals surface area contributed by atoms with Crippen LogP contribution in [0.15, 0.2) is 82.8 Å². The second-order valence-electron chi connectivity index (χ2n) is 6.29. The van der Waals surface area contributed by atoms with Crippen LogP contribution in [0.3, 0.4) is 0 Å². The van der Waals surface area contributed by atoms with Gasteiger partial charge in [-0.05, 0) is 54.4 Å². The molecule has 0 heterocycles. The predicted octanol–water partition coefficient (Wildman–Crippen LogP) is 3.90. The molecule has 0 aromatic heterocycles. The third kappa shape index (κ3) is 5.36. The maximum absolute atomic E-state index is 12.2. The number of hydrogen-bond donors (Lipinski definition) is 1. The predicted molar refractivity (Wildman–Crippen MR) is 113 cm³/mol. The largest absolute Gasteiger partial charge is 0.496 e. The molecule has 0 spiro atoms. The van der Waals surface area contributed by atoms with E-state index in [0.29, 0.717) is 17.9 Å². The van der Waals surface area contributed by atoms with Gasteiger partial charge in [-0.3, -0.25) is 0 Å². The lowest BCUT2D eigenvalue weighted by Crippen LogP contribution is -2.18. The summed E-state index contributed by atoms with van der Waals surface area (Å²) < 4.78 is 35.7. The van der Waals surface area contributed by atoms with Gasteiger partial charge in [0.05, 0.1) is 18.2 Å². The summed E-state index contributed by atoms with van der Waals surface area (Å²) in [6.45, 7) is 2.29. The van der Waals surface area contributed by atoms with Crippen LogP contribution in [0.4, 0.5) is 0 Å². The fourth-order valence-electron chi connectivity index (χ4n) is 2.69. The van der Waals surface area contributed by atoms with Gasteiger partial charge in [-0.25, -0.2) is 4.83 Å². The molecule has 7 heteroatoms. The molecule has 0 bridgehead atoms. The van der Waals surface area contributed by atoms with Gasteiger partial charge in [-0.2, -0.15) is 13.5 Å². The Hall–Kier alpha value is -3.32. The third-order valence-corrected chi connectivity index (χ3v) is 5.46. The Morgan fingerprint density at radius 3 is 2.41 bits per heavy atom. The summed E-state index contributed by atoms with van der Waals surface area (Å²) in [6.07, 6.45) is 1.44. The molecule has 0 aliphatic rings. The first-order valence-corrected chi connectivity index (χ1v) is 10.4. The number of sulfonamides is 1. The van der Waals surface area contributed by atoms with Gasteiger partial charge in [0.15, 0.2) is 0 Å². The highest BCUT2D eigenvalue weighted by Crippen LogP contribution is 2.23. The van der Waals surface area contributed by atoms with E-state index in [1.807, 2.05) is 37.3 Å². The van der Waals surface area contributed by atoms with Gasteiger partial charge in [0.1, 0.15) is 18.1 Å². The molecule has 1 N–H and O–H groups in total. The highest BCUT2D eigenvalue weighted by molar-refractivity contribution is 7.89. The molecule has 0 unspecified atom stereocenters. The van der Waals surface area contributed by atoms with Crippen molar-refractivity contribution in [3.05, 3.63) is 89.5 Å². The third-order valence-electron chi connectivity index (χ3n) is 4.22. The number of hydrogen-bond acceptors (Lipinski definition) is 5. The van der Waals surface area contributed by atoms with Crippen LogP contribution in [0.5, 0.6) is 11.5 Å². The summed E-state index contributed by atoms with van der Waals surface area (Å²) in [5.74, 6) is 1.48. The number of benzene rings is 3. The van der Waals surface area contributed by atoms with Crippen LogP contribution < -0.4 is 14.3 Å². The van der Waals surface area contributed by atoms with E-state index >= 15 is 0 Å². The zero-order valence-corrected chi connectivity index (χ0v) is 17.0. The fraction of sp³-hybridized carbons (Fsp3) is 0.136. The monoisotopic (exact) mass is 410 g/mol. The van der Waals surface area contributed by atoms with E-state index in [2.05, 4.69) is 9.93 Å². The zero-order valence-electron chi connectivity index (χ0n) is 16.2. The van der Waals surface area contributed by atoms with Gasteiger partial charge >= 0.3 is 0 Å². The van der Waals surface area contributed by atoms with Gasteiger partial charge in [-0.1, -0.05) is 36.4 Å². The molecule has 3 aromatic rings. The Morgan fingerprint density at radius 1 is 0.966 bits per heavy atom. The number of aryl methyl sites for hydroxylation is 1. The highest BCUT2D eigenvalue weighted by Gasteiger charge is 2.11. The summed E-state index contributed by atoms with van der Waals surface area (Å²) in [6, 6.07) is 21.3. The first-order chi connectivity index (χ1) is 14.0. The van der Waals surface area contributed by atoms with Crippen molar-refractivity contribution in [2.24, 2.45) is 5.10 Å². The van der Waals surface area contributed by atoms with Crippen molar-refractivity contribution in [1.29, 1.82) is 0 Å². The van der Waals surface area contributed by atoms with Crippen LogP contribution in [-0.4, -0.2) is 21.7 Å². The molecule has 0 radical (unpaired) electrons. The van der Waals surface area contributed by atoms with E-state index in [1.165, 1.54) is 18.3 Å². The molecule has 0 amide bonds. The van der Waals surface area contributed by atoms with E-state index in [-0.39, 0.29) is 4.90 Å². The van der Waals surface area contributed by atoms with Gasteiger partial charge in [-0.15, -0.1) is 0 Å². The summed E-state index contributed by atoms with van der Waals surface area (Å²) in [4.78, 5) is 2.37. The standard InChI is InChI=1S/C22H22N2O4S/c1-17-8-6-7-11-21(17)28-16-19-14-18(12-13-22(19)27-2)15-23-24-29(25,26)20-9-4-3-5-10-20/h3-15,24H,16H2,1-2H3. The molecular formula is C22H22N2O4S. The minimum Gasteiger partial charge on any atom is -0.496 e. The minimum atomic E-state index is -3.70. The smallest absolute Gasteiger partial charge is 0.276 e. The van der Waals surface area contributed by atoms with Crippen molar-refractivity contribution < 1.29 is 17.9 Å². The maximum Gasteiger partial charge on any atom is 0.276 e. The van der Waals surface area contributed by atoms with Crippen molar-refractivity contribution in [1.82, 2.24) is 4.83 Å². The molecule has 0 aliphatic heterocycles. The van der Waals surface area contributed by atoms with Crippen molar-refractivity contribution in [3.63, 3.8) is 0 Å². The van der Waals surface area contributed by atoms with Crippen LogP contribution >= 0.6 is 0 Å². The molecule has 0 saturated heterocycles. The van der Waals surface area contributed by atoms with Crippen LogP contribution in [0.25, 0.3) is 0 Å². The van der Waals surface area contributed by atoms with Crippen molar-refractivity contribution in [2.45, 2.75) is 18.4 Å². The number of methoxy groups -OCH3 is 1. The first-order valence-electron chi connectivity index (χ1n) is 8.95. The second-order valence-corrected chi connectivity index (χ2v) is 7.95. The van der Waals surface area contributed by atoms with E-state index in [0.717, 1.165) is 16.9 Å². The van der Waals surface area contributed by atoms with Gasteiger partial charge < -0.3 is 9.47 Å². The van der Waals surface area contributed by atoms with Crippen LogP contribution in [0, 0.1) is 6.92 Å². The van der Waals surface area contributed by atoms with E-state index in [4.69, 9.17) is 9.47 Å². The van der Waals surface area contributed by atoms with Gasteiger partial charge in [0.25, 0.3) is 10.0 Å². The Kier molecular flexibility index (Phi) is 6.51. The number of ether oxygens (including phenoxy) is 2. The second kappa shape index (κ2) is 9.25. The summed E-state index contributed by atoms with van der Waals surface area (Å²) in [5, 5.41) is 3.87. The lowest BCUT2D eigenvalue weighted by molar-refractivity contribution is 0.295. The fourth-order valence-corrected chi connectivity index (χ4v) is 3.50. The molecule has 0 atom stereocenters. The summed E-state index contributed by atoms with van der Waals surface area (Å²) in [5.41, 5.74) is 2.58. The molecule has 0 saturated carbocycles. The quantitative estimate of drug-likeness (QED) is 0.451. The van der Waals surface area contributed by atoms with Crippen LogP contribution in [0.2, 0.25) is 0 Å². The average molecular weight is 410 g/mol. The minimum absolute atomic E-state index is 0.152. The molecule has 3 rings (SSSR count). The number of rotatable bonds is 8. The Balaban J connectivity index is 1.73. The molecule has 6 nitrogen and oxygen atoms in total. The Morgan fingerprint density at radius 2 is 1.69 bits per heavy atom. The number of nitrogens with one attached hydrogen (secondary N) is 1. The van der Waals surface area contributed by atoms with Crippen LogP contribution in [-0.2, 0) is 16.6 Å². The highest BCUT2D eigenvalue weighted by atomic mass is 32.2. The molecule has 150 valence electrons. The lowest BCUT2D eigenvalue weighted by atomic mass is 10.1. The molecule has 29 heavy (non-hydrogen) atoms. The first kappa shape index (κ1) is 20.4. The molecular weight excluding hydrogens is 388 g/mol. The number of nitrogens with zero attached hydrogens (tertiary/aromatic N) is 1. The van der Waals surface area contributed by atoms with Crippen molar-refractivity contribution >= 4 is 16.2 Å². The molecule has 0 fully saturated rings. The molecule has 0 aliphatic carbocycles. The van der Waals surface area contributed by atoms with E-state index in [1.54, 1.807) is 37.4 Å². The van der Waals surface area contributed by atoms with E-state index < -0.39 is 10.0 Å². The van der Waals surface area contributed by atoms with Gasteiger partial charge in [0.2, 0.25) is 0 Å². The summed E-state index contributed by atoms with van der Waals surface area (Å²) in [7, 11) is -2.11. The topological polar surface area (TPSA) is 77.0 Å². The number of hydrazone groups is 1. The maximum atomic E-state index is 12.2. The lowest BCUT2D eigenvalue weighted by Gasteiger charge is -2.12. The van der Waals surface area contributed by atoms with E-state index in [9.17, 15) is 8.42 Å². The average Bonchev–Trinajstić information content (AvgIpc) is 2.74. The zero-order chi connectivity index (χ0) is 20.7.